The molecule has 0 amide bonds. The Kier molecular flexibility index (Phi) is 4.54. The lowest BCUT2D eigenvalue weighted by molar-refractivity contribution is 0.833. The van der Waals surface area contributed by atoms with E-state index < -0.39 is 10.0 Å². The summed E-state index contributed by atoms with van der Waals surface area (Å²) in [5.41, 5.74) is 1.44. The van der Waals surface area contributed by atoms with E-state index in [9.17, 15) is 0 Å². The first-order valence-corrected chi connectivity index (χ1v) is 11.3. The van der Waals surface area contributed by atoms with E-state index in [0.717, 1.165) is 11.2 Å². The normalized spacial score (nSPS) is 22.1. The molecule has 3 rings (SSSR count). The summed E-state index contributed by atoms with van der Waals surface area (Å²) in [4.78, 5) is 1.55. The summed E-state index contributed by atoms with van der Waals surface area (Å²) in [6.07, 6.45) is 7.53. The number of halogens is 2. The minimum absolute atomic E-state index is 0.679. The molecule has 112 valence electrons. The van der Waals surface area contributed by atoms with E-state index in [4.69, 9.17) is 0 Å². The molecule has 1 fully saturated rings. The third-order valence-corrected chi connectivity index (χ3v) is 8.88. The van der Waals surface area contributed by atoms with E-state index in [-0.39, 0.29) is 0 Å². The molecule has 0 aromatic heterocycles. The Labute approximate surface area is 145 Å². The maximum absolute atomic E-state index is 3.59. The van der Waals surface area contributed by atoms with Gasteiger partial charge >= 0.3 is 0 Å². The van der Waals surface area contributed by atoms with Gasteiger partial charge in [-0.05, 0) is 65.2 Å². The van der Waals surface area contributed by atoms with Crippen LogP contribution in [0.15, 0.2) is 62.4 Å². The van der Waals surface area contributed by atoms with Crippen LogP contribution in [0.25, 0.3) is 0 Å². The van der Waals surface area contributed by atoms with E-state index >= 15 is 0 Å². The Balaban J connectivity index is 1.71. The summed E-state index contributed by atoms with van der Waals surface area (Å²) >= 11 is 7.18. The molecule has 0 radical (unpaired) electrons. The minimum atomic E-state index is -0.679. The number of hydrogen-bond acceptors (Lipinski definition) is 0. The highest BCUT2D eigenvalue weighted by atomic mass is 79.9. The van der Waals surface area contributed by atoms with Gasteiger partial charge in [-0.25, -0.2) is 10.0 Å². The quantitative estimate of drug-likeness (QED) is 0.539. The molecule has 21 heavy (non-hydrogen) atoms. The van der Waals surface area contributed by atoms with Crippen LogP contribution in [-0.4, -0.2) is 17.8 Å². The summed E-state index contributed by atoms with van der Waals surface area (Å²) in [7, 11) is -0.679. The van der Waals surface area contributed by atoms with Crippen molar-refractivity contribution in [2.75, 3.05) is 12.5 Å². The van der Waals surface area contributed by atoms with Crippen molar-refractivity contribution < 1.29 is 0 Å². The van der Waals surface area contributed by atoms with Gasteiger partial charge in [0, 0.05) is 8.95 Å². The molecule has 0 bridgehead atoms. The largest absolute Gasteiger partial charge is 0.217 e. The first-order chi connectivity index (χ1) is 9.96. The fraction of sp³-hybridized carbons (Fsp3) is 0.333. The molecule has 2 atom stereocenters. The number of benzene rings is 2. The molecule has 1 saturated carbocycles. The average Bonchev–Trinajstić information content (AvgIpc) is 3.18. The molecule has 1 aliphatic carbocycles. The predicted octanol–water partition coefficient (Wildman–Crippen LogP) is 6.27. The summed E-state index contributed by atoms with van der Waals surface area (Å²) in [6.45, 7) is 0. The van der Waals surface area contributed by atoms with E-state index in [2.05, 4.69) is 92.9 Å². The second kappa shape index (κ2) is 6.10. The molecule has 0 spiro atoms. The molecule has 0 saturated heterocycles. The molecule has 0 nitrogen and oxygen atoms in total. The maximum Gasteiger partial charge on any atom is 0.0189 e. The smallest absolute Gasteiger partial charge is 0.0189 e. The third kappa shape index (κ3) is 3.57. The van der Waals surface area contributed by atoms with Crippen LogP contribution >= 0.6 is 41.9 Å². The highest BCUT2D eigenvalue weighted by Crippen LogP contribution is 2.65. The average molecular weight is 428 g/mol. The van der Waals surface area contributed by atoms with Crippen molar-refractivity contribution in [1.29, 1.82) is 0 Å². The van der Waals surface area contributed by atoms with Crippen LogP contribution in [0.5, 0.6) is 0 Å². The first kappa shape index (κ1) is 15.6. The van der Waals surface area contributed by atoms with Crippen molar-refractivity contribution in [1.82, 2.24) is 0 Å². The zero-order chi connectivity index (χ0) is 15.0. The molecular weight excluding hydrogens is 408 g/mol. The minimum Gasteiger partial charge on any atom is -0.217 e. The molecule has 1 aliphatic rings. The molecular formula is C18H20Br2S. The van der Waals surface area contributed by atoms with E-state index in [0.29, 0.717) is 0 Å². The van der Waals surface area contributed by atoms with Crippen molar-refractivity contribution in [3.05, 3.63) is 63.0 Å². The summed E-state index contributed by atoms with van der Waals surface area (Å²) < 4.78 is 2.33. The van der Waals surface area contributed by atoms with Crippen LogP contribution in [0.4, 0.5) is 0 Å². The van der Waals surface area contributed by atoms with Gasteiger partial charge in [-0.1, -0.05) is 62.2 Å². The molecule has 0 heterocycles. The molecule has 0 aliphatic heterocycles. The van der Waals surface area contributed by atoms with Crippen molar-refractivity contribution in [2.24, 2.45) is 5.92 Å². The van der Waals surface area contributed by atoms with Gasteiger partial charge in [0.05, 0.1) is 0 Å². The monoisotopic (exact) mass is 426 g/mol. The van der Waals surface area contributed by atoms with Crippen molar-refractivity contribution >= 4 is 41.9 Å². The third-order valence-electron chi connectivity index (χ3n) is 4.39. The Bertz CT molecular complexity index is 617. The van der Waals surface area contributed by atoms with E-state index in [1.807, 2.05) is 0 Å². The van der Waals surface area contributed by atoms with Crippen LogP contribution in [-0.2, 0) is 6.42 Å². The van der Waals surface area contributed by atoms with Gasteiger partial charge in [0.1, 0.15) is 0 Å². The second-order valence-electron chi connectivity index (χ2n) is 6.23. The van der Waals surface area contributed by atoms with Gasteiger partial charge in [-0.15, -0.1) is 0 Å². The fourth-order valence-electron chi connectivity index (χ4n) is 3.13. The van der Waals surface area contributed by atoms with Crippen LogP contribution < -0.4 is 0 Å². The topological polar surface area (TPSA) is 0 Å². The lowest BCUT2D eigenvalue weighted by Crippen LogP contribution is -2.06. The molecule has 2 aromatic rings. The summed E-state index contributed by atoms with van der Waals surface area (Å²) in [5.74, 6) is 0.844. The molecule has 2 aromatic carbocycles. The Hall–Kier alpha value is -0.250. The van der Waals surface area contributed by atoms with Crippen LogP contribution in [0.3, 0.4) is 0 Å². The highest BCUT2D eigenvalue weighted by Gasteiger charge is 2.45. The van der Waals surface area contributed by atoms with E-state index in [1.165, 1.54) is 27.4 Å². The number of hydrogen-bond donors (Lipinski definition) is 0. The standard InChI is InChI=1S/C18H20Br2S/c1-21(2,17-6-4-3-5-7-17)18-11-14(18)8-13-9-15(19)12-16(20)10-13/h3-7,9-10,12,14,18H,8,11H2,1-2H3/t14-,18-/m0/s1. The Morgan fingerprint density at radius 1 is 1.00 bits per heavy atom. The zero-order valence-electron chi connectivity index (χ0n) is 12.4. The zero-order valence-corrected chi connectivity index (χ0v) is 16.3. The van der Waals surface area contributed by atoms with Gasteiger partial charge in [-0.2, -0.15) is 0 Å². The number of rotatable bonds is 4. The van der Waals surface area contributed by atoms with Gasteiger partial charge in [0.25, 0.3) is 0 Å². The second-order valence-corrected chi connectivity index (χ2v) is 12.0. The van der Waals surface area contributed by atoms with Crippen molar-refractivity contribution in [3.8, 4) is 0 Å². The molecule has 3 heteroatoms. The van der Waals surface area contributed by atoms with Gasteiger partial charge in [0.15, 0.2) is 0 Å². The summed E-state index contributed by atoms with van der Waals surface area (Å²) in [6, 6.07) is 17.7. The first-order valence-electron chi connectivity index (χ1n) is 7.19. The van der Waals surface area contributed by atoms with Gasteiger partial charge in [0.2, 0.25) is 0 Å². The van der Waals surface area contributed by atoms with Crippen molar-refractivity contribution in [2.45, 2.75) is 23.0 Å². The SMILES string of the molecule is CS(C)(c1ccccc1)[C@H]1C[C@@H]1Cc1cc(Br)cc(Br)c1. The molecule has 0 unspecified atom stereocenters. The van der Waals surface area contributed by atoms with Crippen LogP contribution in [0, 0.1) is 5.92 Å². The van der Waals surface area contributed by atoms with E-state index in [1.54, 1.807) is 4.90 Å². The Morgan fingerprint density at radius 2 is 1.62 bits per heavy atom. The fourth-order valence-corrected chi connectivity index (χ4v) is 7.52. The van der Waals surface area contributed by atoms with Gasteiger partial charge < -0.3 is 0 Å². The van der Waals surface area contributed by atoms with Crippen LogP contribution in [0.1, 0.15) is 12.0 Å². The summed E-state index contributed by atoms with van der Waals surface area (Å²) in [5, 5.41) is 0.873. The maximum atomic E-state index is 3.59. The predicted molar refractivity (Wildman–Crippen MR) is 102 cm³/mol. The van der Waals surface area contributed by atoms with Gasteiger partial charge in [-0.3, -0.25) is 0 Å². The highest BCUT2D eigenvalue weighted by molar-refractivity contribution is 9.11. The van der Waals surface area contributed by atoms with Crippen LogP contribution in [0.2, 0.25) is 0 Å². The van der Waals surface area contributed by atoms with Crippen molar-refractivity contribution in [3.63, 3.8) is 0 Å². The lowest BCUT2D eigenvalue weighted by Gasteiger charge is -2.32. The Morgan fingerprint density at radius 3 is 2.24 bits per heavy atom. The lowest BCUT2D eigenvalue weighted by atomic mass is 10.1. The molecule has 0 N–H and O–H groups in total.